The van der Waals surface area contributed by atoms with E-state index in [1.54, 1.807) is 18.2 Å². The molecule has 1 aromatic carbocycles. The molecule has 2 aliphatic rings. The Bertz CT molecular complexity index is 694. The molecule has 2 fully saturated rings. The lowest BCUT2D eigenvalue weighted by Crippen LogP contribution is -2.54. The fraction of sp³-hybridized carbons (Fsp3) is 0.619. The molecule has 2 amide bonds. The van der Waals surface area contributed by atoms with Crippen LogP contribution >= 0.6 is 23.2 Å². The van der Waals surface area contributed by atoms with Crippen molar-refractivity contribution in [3.8, 4) is 0 Å². The predicted molar refractivity (Wildman–Crippen MR) is 118 cm³/mol. The van der Waals surface area contributed by atoms with Gasteiger partial charge in [0, 0.05) is 55.0 Å². The van der Waals surface area contributed by atoms with Gasteiger partial charge in [0.05, 0.1) is 12.6 Å². The number of nitrogens with zero attached hydrogens (tertiary/aromatic N) is 3. The van der Waals surface area contributed by atoms with Crippen molar-refractivity contribution in [2.24, 2.45) is 0 Å². The highest BCUT2D eigenvalue weighted by Crippen LogP contribution is 2.23. The molecule has 0 bridgehead atoms. The van der Waals surface area contributed by atoms with Crippen molar-refractivity contribution in [2.75, 3.05) is 51.1 Å². The summed E-state index contributed by atoms with van der Waals surface area (Å²) in [5.74, 6) is 0.154. The molecule has 2 aliphatic heterocycles. The lowest BCUT2D eigenvalue weighted by Gasteiger charge is -2.37. The Kier molecular flexibility index (Phi) is 8.18. The van der Waals surface area contributed by atoms with Gasteiger partial charge in [-0.2, -0.15) is 0 Å². The number of hydrogen-bond donors (Lipinski definition) is 1. The summed E-state index contributed by atoms with van der Waals surface area (Å²) in [6.45, 7) is 7.28. The maximum Gasteiger partial charge on any atom is 0.241 e. The molecule has 0 spiro atoms. The van der Waals surface area contributed by atoms with Gasteiger partial charge in [-0.3, -0.25) is 19.4 Å². The molecule has 0 saturated carbocycles. The van der Waals surface area contributed by atoms with Crippen LogP contribution in [0, 0.1) is 0 Å². The van der Waals surface area contributed by atoms with Crippen LogP contribution in [0.5, 0.6) is 0 Å². The largest absolute Gasteiger partial charge is 0.342 e. The third-order valence-corrected chi connectivity index (χ3v) is 6.22. The summed E-state index contributed by atoms with van der Waals surface area (Å²) in [6.07, 6.45) is 4.68. The number of benzene rings is 1. The Morgan fingerprint density at radius 2 is 1.52 bits per heavy atom. The maximum absolute atomic E-state index is 12.6. The summed E-state index contributed by atoms with van der Waals surface area (Å²) >= 11 is 12.0. The van der Waals surface area contributed by atoms with Crippen molar-refractivity contribution >= 4 is 40.7 Å². The molecule has 8 heteroatoms. The zero-order valence-electron chi connectivity index (χ0n) is 17.0. The molecule has 0 aromatic heterocycles. The molecule has 6 nitrogen and oxygen atoms in total. The van der Waals surface area contributed by atoms with E-state index >= 15 is 0 Å². The molecule has 1 unspecified atom stereocenters. The molecule has 0 radical (unpaired) electrons. The number of anilines is 1. The lowest BCUT2D eigenvalue weighted by molar-refractivity contribution is -0.133. The van der Waals surface area contributed by atoms with E-state index in [1.165, 1.54) is 12.8 Å². The molecular formula is C21H30Cl2N4O2. The normalized spacial score (nSPS) is 20.2. The van der Waals surface area contributed by atoms with E-state index in [0.29, 0.717) is 22.3 Å². The van der Waals surface area contributed by atoms with Crippen molar-refractivity contribution < 1.29 is 9.59 Å². The van der Waals surface area contributed by atoms with E-state index in [-0.39, 0.29) is 17.9 Å². The first-order chi connectivity index (χ1) is 13.9. The molecule has 1 atom stereocenters. The minimum absolute atomic E-state index is 0.0857. The highest BCUT2D eigenvalue weighted by Gasteiger charge is 2.27. The van der Waals surface area contributed by atoms with Crippen LogP contribution in [-0.4, -0.2) is 78.4 Å². The van der Waals surface area contributed by atoms with Crippen LogP contribution in [0.15, 0.2) is 18.2 Å². The van der Waals surface area contributed by atoms with E-state index in [1.807, 2.05) is 11.8 Å². The minimum Gasteiger partial charge on any atom is -0.342 e. The van der Waals surface area contributed by atoms with Crippen molar-refractivity contribution in [1.29, 1.82) is 0 Å². The van der Waals surface area contributed by atoms with Gasteiger partial charge in [0.15, 0.2) is 0 Å². The van der Waals surface area contributed by atoms with E-state index < -0.39 is 0 Å². The molecule has 1 aromatic rings. The van der Waals surface area contributed by atoms with Crippen LogP contribution in [0.3, 0.4) is 0 Å². The Morgan fingerprint density at radius 3 is 2.10 bits per heavy atom. The van der Waals surface area contributed by atoms with Gasteiger partial charge >= 0.3 is 0 Å². The van der Waals surface area contributed by atoms with Gasteiger partial charge in [-0.1, -0.05) is 36.0 Å². The quantitative estimate of drug-likeness (QED) is 0.762. The highest BCUT2D eigenvalue weighted by atomic mass is 35.5. The molecule has 29 heavy (non-hydrogen) atoms. The number of amides is 2. The second-order valence-corrected chi connectivity index (χ2v) is 8.80. The summed E-state index contributed by atoms with van der Waals surface area (Å²) < 4.78 is 0. The number of nitrogens with one attached hydrogen (secondary N) is 1. The molecule has 160 valence electrons. The van der Waals surface area contributed by atoms with Crippen LogP contribution < -0.4 is 5.32 Å². The predicted octanol–water partition coefficient (Wildman–Crippen LogP) is 3.34. The first-order valence-corrected chi connectivity index (χ1v) is 11.2. The second kappa shape index (κ2) is 10.6. The van der Waals surface area contributed by atoms with Crippen molar-refractivity contribution in [1.82, 2.24) is 14.7 Å². The maximum atomic E-state index is 12.6. The average Bonchev–Trinajstić information content (AvgIpc) is 2.97. The molecule has 1 N–H and O–H groups in total. The van der Waals surface area contributed by atoms with Crippen molar-refractivity contribution in [3.63, 3.8) is 0 Å². The third-order valence-electron chi connectivity index (χ3n) is 5.78. The van der Waals surface area contributed by atoms with Crippen LogP contribution in [-0.2, 0) is 9.59 Å². The smallest absolute Gasteiger partial charge is 0.241 e. The van der Waals surface area contributed by atoms with Gasteiger partial charge in [-0.15, -0.1) is 0 Å². The Labute approximate surface area is 183 Å². The molecule has 2 heterocycles. The fourth-order valence-electron chi connectivity index (χ4n) is 3.96. The molecule has 0 aliphatic carbocycles. The third kappa shape index (κ3) is 6.57. The van der Waals surface area contributed by atoms with Crippen LogP contribution in [0.4, 0.5) is 5.69 Å². The molecule has 2 saturated heterocycles. The van der Waals surface area contributed by atoms with Gasteiger partial charge in [-0.05, 0) is 38.0 Å². The summed E-state index contributed by atoms with van der Waals surface area (Å²) in [6, 6.07) is 4.74. The summed E-state index contributed by atoms with van der Waals surface area (Å²) in [5.41, 5.74) is 0.598. The second-order valence-electron chi connectivity index (χ2n) is 7.93. The summed E-state index contributed by atoms with van der Waals surface area (Å²) in [7, 11) is 0. The van der Waals surface area contributed by atoms with Gasteiger partial charge in [0.1, 0.15) is 0 Å². The van der Waals surface area contributed by atoms with Crippen molar-refractivity contribution in [3.05, 3.63) is 28.2 Å². The lowest BCUT2D eigenvalue weighted by atomic mass is 10.2. The van der Waals surface area contributed by atoms with Crippen molar-refractivity contribution in [2.45, 2.75) is 38.6 Å². The number of rotatable bonds is 5. The summed E-state index contributed by atoms with van der Waals surface area (Å²) in [5, 5.41) is 3.87. The van der Waals surface area contributed by atoms with Crippen LogP contribution in [0.25, 0.3) is 0 Å². The first-order valence-electron chi connectivity index (χ1n) is 10.4. The standard InChI is InChI=1S/C21H30Cl2N4O2/c1-16(21(29)24-19-13-17(22)12-18(23)14-19)26-10-8-25(9-11-26)15-20(28)27-6-4-2-3-5-7-27/h12-14,16H,2-11,15H2,1H3,(H,24,29). The van der Waals surface area contributed by atoms with Gasteiger partial charge < -0.3 is 10.2 Å². The zero-order valence-corrected chi connectivity index (χ0v) is 18.5. The average molecular weight is 441 g/mol. The SMILES string of the molecule is CC(C(=O)Nc1cc(Cl)cc(Cl)c1)N1CCN(CC(=O)N2CCCCCC2)CC1. The van der Waals surface area contributed by atoms with Gasteiger partial charge in [0.2, 0.25) is 11.8 Å². The fourth-order valence-corrected chi connectivity index (χ4v) is 4.48. The number of carbonyl (C=O) groups excluding carboxylic acids is 2. The van der Waals surface area contributed by atoms with E-state index in [0.717, 1.165) is 52.1 Å². The number of hydrogen-bond acceptors (Lipinski definition) is 4. The number of halogens is 2. The molecule has 3 rings (SSSR count). The monoisotopic (exact) mass is 440 g/mol. The zero-order chi connectivity index (χ0) is 20.8. The van der Waals surface area contributed by atoms with E-state index in [9.17, 15) is 9.59 Å². The van der Waals surface area contributed by atoms with E-state index in [2.05, 4.69) is 15.1 Å². The van der Waals surface area contributed by atoms with Gasteiger partial charge in [0.25, 0.3) is 0 Å². The Balaban J connectivity index is 1.45. The number of carbonyl (C=O) groups is 2. The van der Waals surface area contributed by atoms with E-state index in [4.69, 9.17) is 23.2 Å². The van der Waals surface area contributed by atoms with Crippen LogP contribution in [0.2, 0.25) is 10.0 Å². The first kappa shape index (κ1) is 22.3. The summed E-state index contributed by atoms with van der Waals surface area (Å²) in [4.78, 5) is 31.6. The highest BCUT2D eigenvalue weighted by molar-refractivity contribution is 6.35. The van der Waals surface area contributed by atoms with Crippen LogP contribution in [0.1, 0.15) is 32.6 Å². The molecular weight excluding hydrogens is 411 g/mol. The Hall–Kier alpha value is -1.34. The number of likely N-dealkylation sites (tertiary alicyclic amines) is 1. The Morgan fingerprint density at radius 1 is 0.931 bits per heavy atom. The van der Waals surface area contributed by atoms with Gasteiger partial charge in [-0.25, -0.2) is 0 Å². The minimum atomic E-state index is -0.267. The topological polar surface area (TPSA) is 55.9 Å². The number of piperazine rings is 1.